The number of nitrogens with one attached hydrogen (secondary N) is 1. The van der Waals surface area contributed by atoms with Gasteiger partial charge in [0, 0.05) is 25.6 Å². The number of hydrogen-bond donors (Lipinski definition) is 2. The van der Waals surface area contributed by atoms with E-state index in [1.165, 1.54) is 24.0 Å². The van der Waals surface area contributed by atoms with E-state index in [-0.39, 0.29) is 29.6 Å². The van der Waals surface area contributed by atoms with Crippen LogP contribution in [0.5, 0.6) is 0 Å². The third kappa shape index (κ3) is 3.25. The molecule has 2 fully saturated rings. The molecule has 1 heterocycles. The lowest BCUT2D eigenvalue weighted by molar-refractivity contribution is -0.142. The first-order valence-electron chi connectivity index (χ1n) is 7.96. The van der Waals surface area contributed by atoms with E-state index in [2.05, 4.69) is 5.32 Å². The molecule has 128 valence electrons. The normalized spacial score (nSPS) is 23.2. The number of benzene rings is 1. The summed E-state index contributed by atoms with van der Waals surface area (Å²) in [4.78, 5) is 36.7. The van der Waals surface area contributed by atoms with E-state index in [9.17, 15) is 23.9 Å². The van der Waals surface area contributed by atoms with Crippen LogP contribution in [0.2, 0.25) is 0 Å². The second kappa shape index (κ2) is 6.22. The summed E-state index contributed by atoms with van der Waals surface area (Å²) >= 11 is 0. The molecule has 0 spiro atoms. The zero-order valence-electron chi connectivity index (χ0n) is 13.3. The molecule has 0 aromatic heterocycles. The Morgan fingerprint density at radius 3 is 2.54 bits per heavy atom. The third-order valence-corrected chi connectivity index (χ3v) is 4.72. The topological polar surface area (TPSA) is 86.7 Å². The minimum Gasteiger partial charge on any atom is -0.481 e. The van der Waals surface area contributed by atoms with E-state index in [0.717, 1.165) is 18.9 Å². The summed E-state index contributed by atoms with van der Waals surface area (Å²) in [6.45, 7) is 1.83. The van der Waals surface area contributed by atoms with Gasteiger partial charge in [-0.15, -0.1) is 0 Å². The Morgan fingerprint density at radius 1 is 1.25 bits per heavy atom. The fraction of sp³-hybridized carbons (Fsp3) is 0.471. The summed E-state index contributed by atoms with van der Waals surface area (Å²) < 4.78 is 13.7. The van der Waals surface area contributed by atoms with Crippen LogP contribution in [0.3, 0.4) is 0 Å². The molecule has 2 N–H and O–H groups in total. The van der Waals surface area contributed by atoms with Crippen molar-refractivity contribution in [2.45, 2.75) is 19.8 Å². The lowest BCUT2D eigenvalue weighted by Gasteiger charge is -2.17. The molecule has 2 aliphatic rings. The van der Waals surface area contributed by atoms with Gasteiger partial charge in [-0.25, -0.2) is 4.39 Å². The average molecular weight is 334 g/mol. The number of carboxylic acids is 1. The first-order valence-corrected chi connectivity index (χ1v) is 7.96. The van der Waals surface area contributed by atoms with Crippen LogP contribution in [0.4, 0.5) is 10.1 Å². The van der Waals surface area contributed by atoms with Gasteiger partial charge >= 0.3 is 5.97 Å². The van der Waals surface area contributed by atoms with Crippen LogP contribution in [-0.2, 0) is 9.59 Å². The maximum absolute atomic E-state index is 13.7. The maximum Gasteiger partial charge on any atom is 0.308 e. The predicted octanol–water partition coefficient (Wildman–Crippen LogP) is 1.97. The second-order valence-corrected chi connectivity index (χ2v) is 6.53. The first kappa shape index (κ1) is 16.4. The van der Waals surface area contributed by atoms with Crippen LogP contribution in [-0.4, -0.2) is 40.9 Å². The number of likely N-dealkylation sites (tertiary alicyclic amines) is 1. The standard InChI is InChI=1S/C17H19FN2O4/c1-9(21)19-15-6-11(4-5-14(15)18)16(22)20-7-12(10-2-3-10)13(8-20)17(23)24/h4-6,10,12-13H,2-3,7-8H2,1H3,(H,19,21)(H,23,24)/t12-,13+/m1/s1. The first-order chi connectivity index (χ1) is 11.4. The monoisotopic (exact) mass is 334 g/mol. The second-order valence-electron chi connectivity index (χ2n) is 6.53. The molecule has 0 unspecified atom stereocenters. The average Bonchev–Trinajstić information content (AvgIpc) is 3.26. The minimum atomic E-state index is -0.875. The molecule has 0 radical (unpaired) electrons. The summed E-state index contributed by atoms with van der Waals surface area (Å²) in [5.41, 5.74) is 0.182. The van der Waals surface area contributed by atoms with Gasteiger partial charge in [-0.1, -0.05) is 0 Å². The van der Waals surface area contributed by atoms with Gasteiger partial charge in [0.1, 0.15) is 5.82 Å². The largest absolute Gasteiger partial charge is 0.481 e. The molecule has 1 aliphatic heterocycles. The van der Waals surface area contributed by atoms with Gasteiger partial charge in [0.15, 0.2) is 0 Å². The Labute approximate surface area is 138 Å². The van der Waals surface area contributed by atoms with Crippen molar-refractivity contribution in [3.05, 3.63) is 29.6 Å². The summed E-state index contributed by atoms with van der Waals surface area (Å²) in [7, 11) is 0. The third-order valence-electron chi connectivity index (χ3n) is 4.72. The Kier molecular flexibility index (Phi) is 4.26. The van der Waals surface area contributed by atoms with E-state index in [4.69, 9.17) is 0 Å². The molecule has 6 nitrogen and oxygen atoms in total. The maximum atomic E-state index is 13.7. The predicted molar refractivity (Wildman–Crippen MR) is 83.9 cm³/mol. The van der Waals surface area contributed by atoms with Crippen LogP contribution < -0.4 is 5.32 Å². The number of anilines is 1. The fourth-order valence-corrected chi connectivity index (χ4v) is 3.38. The molecule has 1 saturated heterocycles. The highest BCUT2D eigenvalue weighted by Gasteiger charge is 2.46. The van der Waals surface area contributed by atoms with Gasteiger partial charge in [0.05, 0.1) is 11.6 Å². The molecule has 7 heteroatoms. The lowest BCUT2D eigenvalue weighted by atomic mass is 9.92. The molecule has 0 bridgehead atoms. The molecule has 24 heavy (non-hydrogen) atoms. The Morgan fingerprint density at radius 2 is 1.96 bits per heavy atom. The Hall–Kier alpha value is -2.44. The van der Waals surface area contributed by atoms with E-state index < -0.39 is 23.6 Å². The SMILES string of the molecule is CC(=O)Nc1cc(C(=O)N2C[C@H](C(=O)O)[C@@H](C3CC3)C2)ccc1F. The fourth-order valence-electron chi connectivity index (χ4n) is 3.38. The van der Waals surface area contributed by atoms with Crippen molar-refractivity contribution in [2.75, 3.05) is 18.4 Å². The number of nitrogens with zero attached hydrogens (tertiary/aromatic N) is 1. The van der Waals surface area contributed by atoms with Gasteiger partial charge in [0.2, 0.25) is 5.91 Å². The molecule has 1 aliphatic carbocycles. The van der Waals surface area contributed by atoms with Crippen LogP contribution >= 0.6 is 0 Å². The van der Waals surface area contributed by atoms with E-state index >= 15 is 0 Å². The minimum absolute atomic E-state index is 0.0123. The van der Waals surface area contributed by atoms with Crippen molar-refractivity contribution in [1.29, 1.82) is 0 Å². The van der Waals surface area contributed by atoms with Crippen molar-refractivity contribution in [3.8, 4) is 0 Å². The number of halogens is 1. The van der Waals surface area contributed by atoms with Crippen molar-refractivity contribution < 1.29 is 23.9 Å². The summed E-state index contributed by atoms with van der Waals surface area (Å²) in [6.07, 6.45) is 2.03. The molecular weight excluding hydrogens is 315 g/mol. The summed E-state index contributed by atoms with van der Waals surface area (Å²) in [6, 6.07) is 3.77. The molecule has 2 atom stereocenters. The molecule has 1 aromatic carbocycles. The molecular formula is C17H19FN2O4. The highest BCUT2D eigenvalue weighted by Crippen LogP contribution is 2.44. The smallest absolute Gasteiger partial charge is 0.308 e. The van der Waals surface area contributed by atoms with E-state index in [1.54, 1.807) is 0 Å². The highest BCUT2D eigenvalue weighted by molar-refractivity contribution is 5.97. The summed E-state index contributed by atoms with van der Waals surface area (Å²) in [5.74, 6) is -2.44. The van der Waals surface area contributed by atoms with Crippen molar-refractivity contribution in [2.24, 2.45) is 17.8 Å². The van der Waals surface area contributed by atoms with Gasteiger partial charge in [0.25, 0.3) is 5.91 Å². The van der Waals surface area contributed by atoms with Crippen molar-refractivity contribution in [3.63, 3.8) is 0 Å². The zero-order chi connectivity index (χ0) is 17.4. The van der Waals surface area contributed by atoms with Gasteiger partial charge in [-0.3, -0.25) is 14.4 Å². The summed E-state index contributed by atoms with van der Waals surface area (Å²) in [5, 5.41) is 11.7. The Balaban J connectivity index is 1.79. The molecule has 3 rings (SSSR count). The van der Waals surface area contributed by atoms with Crippen LogP contribution in [0.1, 0.15) is 30.1 Å². The zero-order valence-corrected chi connectivity index (χ0v) is 13.3. The molecule has 1 aromatic rings. The van der Waals surface area contributed by atoms with E-state index in [0.29, 0.717) is 12.5 Å². The van der Waals surface area contributed by atoms with Crippen molar-refractivity contribution in [1.82, 2.24) is 4.90 Å². The number of carbonyl (C=O) groups is 3. The molecule has 1 saturated carbocycles. The Bertz CT molecular complexity index is 702. The van der Waals surface area contributed by atoms with Crippen LogP contribution in [0.15, 0.2) is 18.2 Å². The number of aliphatic carboxylic acids is 1. The van der Waals surface area contributed by atoms with Crippen LogP contribution in [0.25, 0.3) is 0 Å². The lowest BCUT2D eigenvalue weighted by Crippen LogP contribution is -2.30. The number of carbonyl (C=O) groups excluding carboxylic acids is 2. The highest BCUT2D eigenvalue weighted by atomic mass is 19.1. The van der Waals surface area contributed by atoms with Gasteiger partial charge in [-0.05, 0) is 42.9 Å². The van der Waals surface area contributed by atoms with Crippen molar-refractivity contribution >= 4 is 23.5 Å². The van der Waals surface area contributed by atoms with Crippen LogP contribution in [0, 0.1) is 23.6 Å². The number of rotatable bonds is 4. The van der Waals surface area contributed by atoms with Gasteiger partial charge < -0.3 is 15.3 Å². The number of amides is 2. The number of hydrogen-bond acceptors (Lipinski definition) is 3. The molecule has 2 amide bonds. The van der Waals surface area contributed by atoms with Gasteiger partial charge in [-0.2, -0.15) is 0 Å². The van der Waals surface area contributed by atoms with E-state index in [1.807, 2.05) is 0 Å². The number of carboxylic acid groups (broad SMARTS) is 1. The quantitative estimate of drug-likeness (QED) is 0.881.